The molecule has 11 heteroatoms. The third-order valence-corrected chi connectivity index (χ3v) is 5.95. The van der Waals surface area contributed by atoms with Gasteiger partial charge >= 0.3 is 12.1 Å². The highest BCUT2D eigenvalue weighted by Gasteiger charge is 2.38. The van der Waals surface area contributed by atoms with Gasteiger partial charge in [-0.25, -0.2) is 4.79 Å². The minimum atomic E-state index is -5.08. The number of para-hydroxylation sites is 1. The van der Waals surface area contributed by atoms with Gasteiger partial charge in [-0.3, -0.25) is 4.79 Å². The highest BCUT2D eigenvalue weighted by molar-refractivity contribution is 8.06. The number of halogens is 3. The van der Waals surface area contributed by atoms with Crippen LogP contribution < -0.4 is 10.2 Å². The van der Waals surface area contributed by atoms with Crippen molar-refractivity contribution in [3.8, 4) is 6.07 Å². The Balaban J connectivity index is 0.000000429. The van der Waals surface area contributed by atoms with E-state index >= 15 is 0 Å². The zero-order chi connectivity index (χ0) is 25.4. The van der Waals surface area contributed by atoms with Crippen molar-refractivity contribution in [2.45, 2.75) is 6.18 Å². The van der Waals surface area contributed by atoms with Gasteiger partial charge in [-0.2, -0.15) is 18.4 Å². The predicted molar refractivity (Wildman–Crippen MR) is 127 cm³/mol. The molecular weight excluding hydrogens is 481 g/mol. The minimum absolute atomic E-state index is 0.193. The Labute approximate surface area is 204 Å². The Bertz CT molecular complexity index is 1160. The molecule has 0 atom stereocenters. The summed E-state index contributed by atoms with van der Waals surface area (Å²) in [5, 5.41) is 22.9. The number of aliphatic carboxylic acids is 1. The summed E-state index contributed by atoms with van der Waals surface area (Å²) >= 11 is 1.43. The number of hydrogen-bond acceptors (Lipinski definition) is 6. The summed E-state index contributed by atoms with van der Waals surface area (Å²) in [5.74, 6) is -2.96. The molecule has 2 heterocycles. The maximum Gasteiger partial charge on any atom is 0.490 e. The van der Waals surface area contributed by atoms with Gasteiger partial charge in [0.2, 0.25) is 0 Å². The van der Waals surface area contributed by atoms with Crippen molar-refractivity contribution in [3.05, 3.63) is 82.2 Å². The third kappa shape index (κ3) is 6.44. The maximum atomic E-state index is 13.1. The van der Waals surface area contributed by atoms with Crippen molar-refractivity contribution >= 4 is 35.0 Å². The number of anilines is 1. The van der Waals surface area contributed by atoms with Gasteiger partial charge in [-0.15, -0.1) is 0 Å². The fraction of sp³-hybridized carbons (Fsp3) is 0.208. The minimum Gasteiger partial charge on any atom is -0.475 e. The second kappa shape index (κ2) is 11.6. The summed E-state index contributed by atoms with van der Waals surface area (Å²) in [6.45, 7) is 2.74. The molecule has 1 saturated heterocycles. The van der Waals surface area contributed by atoms with Gasteiger partial charge in [-0.1, -0.05) is 60.3 Å². The molecule has 0 aromatic heterocycles. The highest BCUT2D eigenvalue weighted by atomic mass is 32.2. The molecule has 4 rings (SSSR count). The summed E-state index contributed by atoms with van der Waals surface area (Å²) in [4.78, 5) is 25.8. The lowest BCUT2D eigenvalue weighted by molar-refractivity contribution is -0.192. The Kier molecular flexibility index (Phi) is 8.57. The fourth-order valence-electron chi connectivity index (χ4n) is 3.35. The Morgan fingerprint density at radius 2 is 1.54 bits per heavy atom. The normalized spacial score (nSPS) is 17.0. The van der Waals surface area contributed by atoms with E-state index in [0.717, 1.165) is 30.0 Å². The summed E-state index contributed by atoms with van der Waals surface area (Å²) in [6, 6.07) is 22.1. The van der Waals surface area contributed by atoms with Crippen molar-refractivity contribution in [2.24, 2.45) is 0 Å². The van der Waals surface area contributed by atoms with Crippen molar-refractivity contribution < 1.29 is 27.9 Å². The van der Waals surface area contributed by atoms with Crippen LogP contribution in [0.5, 0.6) is 0 Å². The molecule has 35 heavy (non-hydrogen) atoms. The Hall–Kier alpha value is -3.75. The molecule has 2 aliphatic heterocycles. The van der Waals surface area contributed by atoms with Crippen LogP contribution in [0.2, 0.25) is 0 Å². The maximum absolute atomic E-state index is 13.1. The molecule has 1 fully saturated rings. The van der Waals surface area contributed by atoms with Crippen LogP contribution in [0.25, 0.3) is 5.70 Å². The summed E-state index contributed by atoms with van der Waals surface area (Å²) in [6.07, 6.45) is -5.08. The van der Waals surface area contributed by atoms with E-state index in [9.17, 15) is 23.2 Å². The molecule has 0 aliphatic carbocycles. The van der Waals surface area contributed by atoms with Crippen LogP contribution in [0, 0.1) is 11.3 Å². The van der Waals surface area contributed by atoms with Gasteiger partial charge < -0.3 is 20.2 Å². The number of alkyl halides is 3. The fourth-order valence-corrected chi connectivity index (χ4v) is 4.37. The number of thioether (sulfide) groups is 1. The molecule has 1 amide bonds. The van der Waals surface area contributed by atoms with E-state index in [2.05, 4.69) is 11.4 Å². The number of hydrogen-bond donors (Lipinski definition) is 2. The first-order valence-electron chi connectivity index (χ1n) is 10.5. The lowest BCUT2D eigenvalue weighted by atomic mass is 10.1. The molecule has 2 aromatic carbocycles. The summed E-state index contributed by atoms with van der Waals surface area (Å²) < 4.78 is 31.7. The zero-order valence-electron chi connectivity index (χ0n) is 18.3. The number of benzene rings is 2. The standard InChI is InChI=1S/C22H20N4OS.C2HF3O2/c23-15-19(21(27)25-13-11-24-12-14-25)22-26(18-9-5-2-6-10-18)20(16-28-22)17-7-3-1-4-8-17;3-2(4,5)1(6)7/h1-10,16,24H,11-14H2;(H,6,7)/b22-19+;. The van der Waals surface area contributed by atoms with Gasteiger partial charge in [0.25, 0.3) is 5.91 Å². The molecule has 7 nitrogen and oxygen atoms in total. The van der Waals surface area contributed by atoms with E-state index in [-0.39, 0.29) is 11.5 Å². The molecular formula is C24H21F3N4O3S. The van der Waals surface area contributed by atoms with Crippen LogP contribution in [-0.2, 0) is 9.59 Å². The first-order valence-corrected chi connectivity index (χ1v) is 11.3. The number of carbonyl (C=O) groups excluding carboxylic acids is 1. The van der Waals surface area contributed by atoms with Crippen molar-refractivity contribution in [1.82, 2.24) is 10.2 Å². The van der Waals surface area contributed by atoms with Gasteiger partial charge in [0.1, 0.15) is 16.7 Å². The predicted octanol–water partition coefficient (Wildman–Crippen LogP) is 4.04. The SMILES string of the molecule is N#C/C(C(=O)N1CCNCC1)=C1\SC=C(c2ccccc2)N1c1ccccc1.O=C(O)C(F)(F)F. The number of piperazine rings is 1. The van der Waals surface area contributed by atoms with Crippen LogP contribution >= 0.6 is 11.8 Å². The number of carbonyl (C=O) groups is 2. The van der Waals surface area contributed by atoms with Crippen LogP contribution in [0.3, 0.4) is 0 Å². The molecule has 0 spiro atoms. The van der Waals surface area contributed by atoms with Crippen molar-refractivity contribution in [2.75, 3.05) is 31.1 Å². The molecule has 0 unspecified atom stereocenters. The van der Waals surface area contributed by atoms with E-state index < -0.39 is 12.1 Å². The van der Waals surface area contributed by atoms with Crippen molar-refractivity contribution in [1.29, 1.82) is 5.26 Å². The first-order chi connectivity index (χ1) is 16.7. The Morgan fingerprint density at radius 1 is 1.00 bits per heavy atom. The smallest absolute Gasteiger partial charge is 0.475 e. The highest BCUT2D eigenvalue weighted by Crippen LogP contribution is 2.44. The molecule has 2 aromatic rings. The van der Waals surface area contributed by atoms with Gasteiger partial charge in [0.15, 0.2) is 0 Å². The lowest BCUT2D eigenvalue weighted by Crippen LogP contribution is -2.47. The number of carboxylic acid groups (broad SMARTS) is 1. The van der Waals surface area contributed by atoms with Crippen LogP contribution in [-0.4, -0.2) is 54.2 Å². The molecule has 0 radical (unpaired) electrons. The second-order valence-corrected chi connectivity index (χ2v) is 8.15. The number of rotatable bonds is 3. The van der Waals surface area contributed by atoms with Crippen LogP contribution in [0.1, 0.15) is 5.56 Å². The monoisotopic (exact) mass is 502 g/mol. The molecule has 0 bridgehead atoms. The largest absolute Gasteiger partial charge is 0.490 e. The van der Waals surface area contributed by atoms with Crippen LogP contribution in [0.4, 0.5) is 18.9 Å². The lowest BCUT2D eigenvalue weighted by Gasteiger charge is -2.29. The topological polar surface area (TPSA) is 96.7 Å². The Morgan fingerprint density at radius 3 is 2.06 bits per heavy atom. The quantitative estimate of drug-likeness (QED) is 0.483. The van der Waals surface area contributed by atoms with E-state index in [1.807, 2.05) is 71.0 Å². The van der Waals surface area contributed by atoms with E-state index in [0.29, 0.717) is 18.1 Å². The number of carboxylic acids is 1. The van der Waals surface area contributed by atoms with E-state index in [1.165, 1.54) is 11.8 Å². The number of nitrogens with zero attached hydrogens (tertiary/aromatic N) is 3. The van der Waals surface area contributed by atoms with Crippen molar-refractivity contribution in [3.63, 3.8) is 0 Å². The van der Waals surface area contributed by atoms with E-state index in [1.54, 1.807) is 4.90 Å². The third-order valence-electron chi connectivity index (χ3n) is 5.00. The molecule has 2 N–H and O–H groups in total. The molecule has 2 aliphatic rings. The first kappa shape index (κ1) is 25.9. The number of nitrogens with one attached hydrogen (secondary N) is 1. The summed E-state index contributed by atoms with van der Waals surface area (Å²) in [5.41, 5.74) is 3.13. The van der Waals surface area contributed by atoms with Gasteiger partial charge in [0.05, 0.1) is 5.70 Å². The number of amides is 1. The average molecular weight is 503 g/mol. The van der Waals surface area contributed by atoms with Crippen LogP contribution in [0.15, 0.2) is 76.7 Å². The zero-order valence-corrected chi connectivity index (χ0v) is 19.1. The molecule has 0 saturated carbocycles. The molecule has 182 valence electrons. The van der Waals surface area contributed by atoms with Gasteiger partial charge in [0, 0.05) is 37.3 Å². The van der Waals surface area contributed by atoms with Gasteiger partial charge in [-0.05, 0) is 17.7 Å². The number of nitriles is 1. The summed E-state index contributed by atoms with van der Waals surface area (Å²) in [7, 11) is 0. The average Bonchev–Trinajstić information content (AvgIpc) is 3.30. The second-order valence-electron chi connectivity index (χ2n) is 7.29. The van der Waals surface area contributed by atoms with E-state index in [4.69, 9.17) is 9.90 Å².